The van der Waals surface area contributed by atoms with Crippen molar-refractivity contribution in [3.05, 3.63) is 60.2 Å². The molecule has 2 unspecified atom stereocenters. The van der Waals surface area contributed by atoms with Gasteiger partial charge in [-0.25, -0.2) is 4.79 Å². The maximum absolute atomic E-state index is 12.9. The fourth-order valence-corrected chi connectivity index (χ4v) is 4.21. The molecule has 0 saturated carbocycles. The summed E-state index contributed by atoms with van der Waals surface area (Å²) in [6.07, 6.45) is 1.98. The summed E-state index contributed by atoms with van der Waals surface area (Å²) in [5, 5.41) is 3.34. The van der Waals surface area contributed by atoms with E-state index in [4.69, 9.17) is 0 Å². The number of urea groups is 1. The number of hydrogen-bond acceptors (Lipinski definition) is 5. The van der Waals surface area contributed by atoms with Gasteiger partial charge < -0.3 is 10.2 Å². The van der Waals surface area contributed by atoms with Crippen LogP contribution in [0.25, 0.3) is 0 Å². The molecule has 2 aromatic rings. The number of benzene rings is 2. The number of nitrogens with one attached hydrogen (secondary N) is 2. The van der Waals surface area contributed by atoms with Crippen molar-refractivity contribution in [3.8, 4) is 0 Å². The van der Waals surface area contributed by atoms with E-state index in [1.54, 1.807) is 47.9 Å². The van der Waals surface area contributed by atoms with Gasteiger partial charge in [0.05, 0.1) is 5.92 Å². The summed E-state index contributed by atoms with van der Waals surface area (Å²) < 4.78 is 0. The zero-order valence-electron chi connectivity index (χ0n) is 17.1. The molecule has 2 saturated heterocycles. The van der Waals surface area contributed by atoms with E-state index in [0.717, 1.165) is 4.90 Å². The molecule has 2 aliphatic heterocycles. The van der Waals surface area contributed by atoms with Crippen molar-refractivity contribution >= 4 is 41.2 Å². The van der Waals surface area contributed by atoms with Crippen LogP contribution in [0.5, 0.6) is 0 Å². The predicted octanol–water partition coefficient (Wildman–Crippen LogP) is 2.26. The van der Waals surface area contributed by atoms with Crippen LogP contribution in [0.1, 0.15) is 18.9 Å². The highest BCUT2D eigenvalue weighted by molar-refractivity contribution is 7.98. The van der Waals surface area contributed by atoms with Crippen LogP contribution in [0.4, 0.5) is 10.5 Å². The molecule has 5 amide bonds. The normalized spacial score (nSPS) is 23.3. The average Bonchev–Trinajstić information content (AvgIpc) is 3.28. The number of carbonyl (C=O) groups is 4. The zero-order valence-corrected chi connectivity index (χ0v) is 17.9. The van der Waals surface area contributed by atoms with E-state index in [9.17, 15) is 19.2 Å². The SMILES string of the molecule is CSc1ccc(N2CC(C(=O)NN3C(=O)NC(C)(c4ccccc4)C3=O)CC2=O)cc1. The van der Waals surface area contributed by atoms with E-state index >= 15 is 0 Å². The summed E-state index contributed by atoms with van der Waals surface area (Å²) in [7, 11) is 0. The van der Waals surface area contributed by atoms with E-state index in [1.165, 1.54) is 0 Å². The molecule has 2 N–H and O–H groups in total. The first-order valence-electron chi connectivity index (χ1n) is 9.80. The largest absolute Gasteiger partial charge is 0.344 e. The average molecular weight is 439 g/mol. The van der Waals surface area contributed by atoms with Crippen LogP contribution in [-0.4, -0.2) is 41.6 Å². The molecule has 31 heavy (non-hydrogen) atoms. The van der Waals surface area contributed by atoms with Gasteiger partial charge in [0, 0.05) is 23.5 Å². The van der Waals surface area contributed by atoms with Crippen LogP contribution in [0.3, 0.4) is 0 Å². The van der Waals surface area contributed by atoms with Gasteiger partial charge in [-0.15, -0.1) is 11.8 Å². The number of hydrogen-bond donors (Lipinski definition) is 2. The number of carbonyl (C=O) groups excluding carboxylic acids is 4. The molecular weight excluding hydrogens is 416 g/mol. The van der Waals surface area contributed by atoms with Gasteiger partial charge in [-0.1, -0.05) is 30.3 Å². The van der Waals surface area contributed by atoms with Gasteiger partial charge in [-0.05, 0) is 43.0 Å². The fraction of sp³-hybridized carbons (Fsp3) is 0.273. The van der Waals surface area contributed by atoms with Gasteiger partial charge in [0.25, 0.3) is 5.91 Å². The number of nitrogens with zero attached hydrogens (tertiary/aromatic N) is 2. The van der Waals surface area contributed by atoms with Gasteiger partial charge in [-0.3, -0.25) is 19.8 Å². The Kier molecular flexibility index (Phi) is 5.45. The molecule has 0 radical (unpaired) electrons. The molecule has 2 fully saturated rings. The molecule has 0 aliphatic carbocycles. The fourth-order valence-electron chi connectivity index (χ4n) is 3.80. The van der Waals surface area contributed by atoms with Gasteiger partial charge in [0.1, 0.15) is 5.54 Å². The highest BCUT2D eigenvalue weighted by Gasteiger charge is 2.50. The van der Waals surface area contributed by atoms with Crippen molar-refractivity contribution in [1.82, 2.24) is 15.8 Å². The topological polar surface area (TPSA) is 98.8 Å². The smallest absolute Gasteiger partial charge is 0.318 e. The highest BCUT2D eigenvalue weighted by Crippen LogP contribution is 2.29. The molecule has 2 aliphatic rings. The quantitative estimate of drug-likeness (QED) is 0.551. The van der Waals surface area contributed by atoms with E-state index in [0.29, 0.717) is 16.3 Å². The minimum atomic E-state index is -1.28. The van der Waals surface area contributed by atoms with Crippen molar-refractivity contribution in [3.63, 3.8) is 0 Å². The lowest BCUT2D eigenvalue weighted by atomic mass is 9.92. The Balaban J connectivity index is 1.45. The number of anilines is 1. The van der Waals surface area contributed by atoms with Crippen LogP contribution < -0.4 is 15.6 Å². The summed E-state index contributed by atoms with van der Waals surface area (Å²) in [6.45, 7) is 1.77. The lowest BCUT2D eigenvalue weighted by molar-refractivity contribution is -0.140. The Labute approximate surface area is 183 Å². The van der Waals surface area contributed by atoms with Gasteiger partial charge in [0.2, 0.25) is 11.8 Å². The van der Waals surface area contributed by atoms with E-state index in [1.807, 2.05) is 36.6 Å². The molecule has 2 aromatic carbocycles. The third-order valence-electron chi connectivity index (χ3n) is 5.64. The molecule has 0 aromatic heterocycles. The van der Waals surface area contributed by atoms with Gasteiger partial charge >= 0.3 is 6.03 Å². The monoisotopic (exact) mass is 438 g/mol. The van der Waals surface area contributed by atoms with Crippen molar-refractivity contribution in [2.75, 3.05) is 17.7 Å². The first-order valence-corrected chi connectivity index (χ1v) is 11.0. The summed E-state index contributed by atoms with van der Waals surface area (Å²) in [5.41, 5.74) is 2.46. The van der Waals surface area contributed by atoms with Crippen molar-refractivity contribution in [1.29, 1.82) is 0 Å². The minimum Gasteiger partial charge on any atom is -0.318 e. The number of amides is 5. The molecule has 0 spiro atoms. The summed E-state index contributed by atoms with van der Waals surface area (Å²) in [6, 6.07) is 15.6. The number of hydrazine groups is 1. The minimum absolute atomic E-state index is 0.00964. The van der Waals surface area contributed by atoms with Crippen LogP contribution in [0, 0.1) is 5.92 Å². The molecular formula is C22H22N4O4S. The van der Waals surface area contributed by atoms with Crippen LogP contribution in [0.2, 0.25) is 0 Å². The Hall–Kier alpha value is -3.33. The zero-order chi connectivity index (χ0) is 22.2. The summed E-state index contributed by atoms with van der Waals surface area (Å²) >= 11 is 1.60. The second-order valence-electron chi connectivity index (χ2n) is 7.64. The van der Waals surface area contributed by atoms with Gasteiger partial charge in [-0.2, -0.15) is 5.01 Å². The van der Waals surface area contributed by atoms with Crippen LogP contribution in [0.15, 0.2) is 59.5 Å². The van der Waals surface area contributed by atoms with Crippen molar-refractivity contribution in [2.24, 2.45) is 5.92 Å². The Morgan fingerprint density at radius 2 is 1.77 bits per heavy atom. The standard InChI is InChI=1S/C22H22N4O4S/c1-22(15-6-4-3-5-7-15)20(29)26(21(30)23-22)24-19(28)14-12-18(27)25(13-14)16-8-10-17(31-2)11-9-16/h3-11,14H,12-13H2,1-2H3,(H,23,30)(H,24,28). The lowest BCUT2D eigenvalue weighted by Gasteiger charge is -2.22. The Bertz CT molecular complexity index is 1040. The van der Waals surface area contributed by atoms with E-state index < -0.39 is 29.3 Å². The third-order valence-corrected chi connectivity index (χ3v) is 6.39. The number of imide groups is 1. The molecule has 8 nitrogen and oxygen atoms in total. The molecule has 2 heterocycles. The maximum Gasteiger partial charge on any atom is 0.344 e. The van der Waals surface area contributed by atoms with E-state index in [-0.39, 0.29) is 18.9 Å². The molecule has 160 valence electrons. The third kappa shape index (κ3) is 3.76. The van der Waals surface area contributed by atoms with Gasteiger partial charge in [0.15, 0.2) is 0 Å². The molecule has 0 bridgehead atoms. The second kappa shape index (κ2) is 8.07. The lowest BCUT2D eigenvalue weighted by Crippen LogP contribution is -2.50. The van der Waals surface area contributed by atoms with Crippen LogP contribution in [-0.2, 0) is 19.9 Å². The van der Waals surface area contributed by atoms with Crippen LogP contribution >= 0.6 is 11.8 Å². The number of thioether (sulfide) groups is 1. The molecule has 2 atom stereocenters. The first-order chi connectivity index (χ1) is 14.8. The highest BCUT2D eigenvalue weighted by atomic mass is 32.2. The summed E-state index contributed by atoms with van der Waals surface area (Å²) in [4.78, 5) is 53.3. The Morgan fingerprint density at radius 3 is 2.42 bits per heavy atom. The van der Waals surface area contributed by atoms with Crippen molar-refractivity contribution < 1.29 is 19.2 Å². The van der Waals surface area contributed by atoms with Crippen molar-refractivity contribution in [2.45, 2.75) is 23.8 Å². The molecule has 9 heteroatoms. The predicted molar refractivity (Wildman–Crippen MR) is 116 cm³/mol. The maximum atomic E-state index is 12.9. The van der Waals surface area contributed by atoms with E-state index in [2.05, 4.69) is 10.7 Å². The number of rotatable bonds is 5. The second-order valence-corrected chi connectivity index (χ2v) is 8.52. The Morgan fingerprint density at radius 1 is 1.10 bits per heavy atom. The molecule has 4 rings (SSSR count). The first kappa shape index (κ1) is 20.9. The summed E-state index contributed by atoms with van der Waals surface area (Å²) in [5.74, 6) is -1.97.